The zero-order valence-electron chi connectivity index (χ0n) is 21.8. The average molecular weight is 512 g/mol. The van der Waals surface area contributed by atoms with Crippen LogP contribution in [0.1, 0.15) is 49.3 Å². The van der Waals surface area contributed by atoms with Crippen molar-refractivity contribution in [3.63, 3.8) is 0 Å². The average Bonchev–Trinajstić information content (AvgIpc) is 2.93. The van der Waals surface area contributed by atoms with Gasteiger partial charge in [-0.1, -0.05) is 117 Å². The van der Waals surface area contributed by atoms with Crippen molar-refractivity contribution in [1.82, 2.24) is 0 Å². The Balaban J connectivity index is 1.69. The van der Waals surface area contributed by atoms with E-state index < -0.39 is 21.8 Å². The van der Waals surface area contributed by atoms with E-state index in [-0.39, 0.29) is 0 Å². The lowest BCUT2D eigenvalue weighted by atomic mass is 9.56. The fourth-order valence-electron chi connectivity index (χ4n) is 5.32. The van der Waals surface area contributed by atoms with Crippen molar-refractivity contribution in [2.45, 2.75) is 55.4 Å². The summed E-state index contributed by atoms with van der Waals surface area (Å²) in [5.41, 5.74) is 2.14. The molecule has 1 aliphatic carbocycles. The molecular weight excluding hydrogens is 474 g/mol. The van der Waals surface area contributed by atoms with E-state index >= 15 is 0 Å². The van der Waals surface area contributed by atoms with Crippen molar-refractivity contribution in [2.75, 3.05) is 12.3 Å². The van der Waals surface area contributed by atoms with Crippen LogP contribution >= 0.6 is 0 Å². The van der Waals surface area contributed by atoms with E-state index in [9.17, 15) is 9.32 Å². The second-order valence-electron chi connectivity index (χ2n) is 9.74. The monoisotopic (exact) mass is 511 g/mol. The number of hydrogen-bond acceptors (Lipinski definition) is 3. The fourth-order valence-corrected chi connectivity index (χ4v) is 6.27. The highest BCUT2D eigenvalue weighted by molar-refractivity contribution is 7.85. The fraction of sp³-hybridized carbons (Fsp3) is 0.303. The number of benzene rings is 3. The Labute approximate surface area is 224 Å². The van der Waals surface area contributed by atoms with Gasteiger partial charge in [0.2, 0.25) is 0 Å². The Morgan fingerprint density at radius 1 is 0.892 bits per heavy atom. The summed E-state index contributed by atoms with van der Waals surface area (Å²) >= 11 is 0. The van der Waals surface area contributed by atoms with Crippen molar-refractivity contribution in [2.24, 2.45) is 4.99 Å². The molecule has 1 N–H and O–H groups in total. The van der Waals surface area contributed by atoms with Gasteiger partial charge in [-0.3, -0.25) is 9.20 Å². The summed E-state index contributed by atoms with van der Waals surface area (Å²) in [6, 6.07) is 28.1. The number of hydrogen-bond donors (Lipinski definition) is 1. The van der Waals surface area contributed by atoms with Crippen LogP contribution in [0.3, 0.4) is 0 Å². The third kappa shape index (κ3) is 5.76. The first-order chi connectivity index (χ1) is 18.0. The first kappa shape index (κ1) is 27.0. The number of allylic oxidation sites excluding steroid dienone is 2. The van der Waals surface area contributed by atoms with Crippen LogP contribution in [-0.4, -0.2) is 27.8 Å². The van der Waals surface area contributed by atoms with Crippen LogP contribution in [0.25, 0.3) is 0 Å². The molecule has 0 bridgehead atoms. The van der Waals surface area contributed by atoms with Crippen LogP contribution in [0.2, 0.25) is 0 Å². The summed E-state index contributed by atoms with van der Waals surface area (Å²) in [5, 5.41) is 12.6. The molecule has 0 fully saturated rings. The normalized spacial score (nSPS) is 22.2. The molecule has 1 aliphatic rings. The molecule has 0 aliphatic heterocycles. The van der Waals surface area contributed by atoms with Gasteiger partial charge in [0.15, 0.2) is 0 Å². The van der Waals surface area contributed by atoms with Gasteiger partial charge in [0.05, 0.1) is 22.8 Å². The van der Waals surface area contributed by atoms with Gasteiger partial charge in [-0.25, -0.2) is 0 Å². The molecule has 192 valence electrons. The highest BCUT2D eigenvalue weighted by Gasteiger charge is 2.53. The molecule has 3 aromatic rings. The number of aryl methyl sites for hydroxylation is 1. The van der Waals surface area contributed by atoms with Gasteiger partial charge < -0.3 is 5.11 Å². The maximum Gasteiger partial charge on any atom is 0.122 e. The third-order valence-corrected chi connectivity index (χ3v) is 8.66. The molecule has 0 amide bonds. The van der Waals surface area contributed by atoms with Crippen LogP contribution in [0, 0.1) is 6.92 Å². The number of unbranched alkanes of at least 4 members (excludes halogenated alkanes) is 2. The Morgan fingerprint density at radius 3 is 2.19 bits per heavy atom. The zero-order valence-corrected chi connectivity index (χ0v) is 22.7. The number of aliphatic imine (C=N–C) groups is 1. The minimum absolute atomic E-state index is 0.450. The van der Waals surface area contributed by atoms with E-state index in [0.29, 0.717) is 12.3 Å². The zero-order chi connectivity index (χ0) is 26.1. The van der Waals surface area contributed by atoms with E-state index in [0.717, 1.165) is 52.8 Å². The van der Waals surface area contributed by atoms with Gasteiger partial charge in [-0.15, -0.1) is 0 Å². The number of nitrogens with zero attached hydrogens (tertiary/aromatic N) is 1. The third-order valence-electron chi connectivity index (χ3n) is 7.31. The molecule has 3 aromatic carbocycles. The highest BCUT2D eigenvalue weighted by atomic mass is 32.2. The van der Waals surface area contributed by atoms with Crippen LogP contribution in [0.15, 0.2) is 119 Å². The van der Waals surface area contributed by atoms with Gasteiger partial charge in [0.25, 0.3) is 0 Å². The van der Waals surface area contributed by atoms with E-state index in [2.05, 4.69) is 25.1 Å². The Bertz CT molecular complexity index is 1260. The Hall–Kier alpha value is -3.08. The molecule has 37 heavy (non-hydrogen) atoms. The molecule has 0 aromatic heterocycles. The van der Waals surface area contributed by atoms with Crippen LogP contribution in [-0.2, 0) is 21.8 Å². The lowest BCUT2D eigenvalue weighted by Crippen LogP contribution is -2.51. The van der Waals surface area contributed by atoms with Crippen molar-refractivity contribution in [3.8, 4) is 0 Å². The predicted octanol–water partition coefficient (Wildman–Crippen LogP) is 7.08. The minimum atomic E-state index is -1.23. The van der Waals surface area contributed by atoms with Crippen molar-refractivity contribution in [1.29, 1.82) is 0 Å². The molecule has 4 heteroatoms. The van der Waals surface area contributed by atoms with E-state index in [1.54, 1.807) is 0 Å². The molecule has 0 spiro atoms. The van der Waals surface area contributed by atoms with Crippen LogP contribution in [0.5, 0.6) is 0 Å². The maximum atomic E-state index is 12.8. The van der Waals surface area contributed by atoms with Crippen LogP contribution in [0.4, 0.5) is 0 Å². The predicted molar refractivity (Wildman–Crippen MR) is 156 cm³/mol. The lowest BCUT2D eigenvalue weighted by Gasteiger charge is -2.49. The topological polar surface area (TPSA) is 49.7 Å². The smallest absolute Gasteiger partial charge is 0.122 e. The molecule has 0 radical (unpaired) electrons. The van der Waals surface area contributed by atoms with E-state index in [1.807, 2.05) is 98.1 Å². The Morgan fingerprint density at radius 2 is 1.54 bits per heavy atom. The molecule has 0 saturated heterocycles. The van der Waals surface area contributed by atoms with Crippen molar-refractivity contribution >= 4 is 17.0 Å². The molecule has 3 atom stereocenters. The van der Waals surface area contributed by atoms with Gasteiger partial charge in [-0.05, 0) is 48.3 Å². The summed E-state index contributed by atoms with van der Waals surface area (Å²) in [7, 11) is -1.10. The van der Waals surface area contributed by atoms with Gasteiger partial charge in [0, 0.05) is 16.9 Å². The minimum Gasteiger partial charge on any atom is -0.380 e. The summed E-state index contributed by atoms with van der Waals surface area (Å²) in [6.07, 6.45) is 11.8. The molecule has 1 unspecified atom stereocenters. The Kier molecular flexibility index (Phi) is 9.07. The number of rotatable bonds is 11. The van der Waals surface area contributed by atoms with Crippen LogP contribution < -0.4 is 0 Å². The molecule has 4 rings (SSSR count). The summed E-state index contributed by atoms with van der Waals surface area (Å²) in [5.74, 6) is 0.458. The first-order valence-electron chi connectivity index (χ1n) is 13.2. The van der Waals surface area contributed by atoms with Crippen molar-refractivity contribution < 1.29 is 9.32 Å². The summed E-state index contributed by atoms with van der Waals surface area (Å²) < 4.78 is 12.8. The maximum absolute atomic E-state index is 12.8. The van der Waals surface area contributed by atoms with Crippen molar-refractivity contribution in [3.05, 3.63) is 125 Å². The van der Waals surface area contributed by atoms with Gasteiger partial charge in [-0.2, -0.15) is 0 Å². The molecule has 3 nitrogen and oxygen atoms in total. The number of aliphatic hydroxyl groups is 1. The second-order valence-corrected chi connectivity index (χ2v) is 11.3. The van der Waals surface area contributed by atoms with Gasteiger partial charge in [0.1, 0.15) is 5.60 Å². The summed E-state index contributed by atoms with van der Waals surface area (Å²) in [6.45, 7) is 4.68. The summed E-state index contributed by atoms with van der Waals surface area (Å²) in [4.78, 5) is 5.59. The second kappa shape index (κ2) is 12.4. The standard InChI is InChI=1S/C33H37NO2S/c1-3-4-11-22-32(28-13-7-5-8-14-28)30(17-12-23-33(32,35)29-15-9-6-10-16-29)26-34-24-25-37(36)31-20-18-27(2)19-21-31/h5-10,12-21,23,26,35H,3-4,11,22,24-25H2,1-2H3/t32-,33+,37?/m1/s1. The molecule has 0 saturated carbocycles. The highest BCUT2D eigenvalue weighted by Crippen LogP contribution is 2.53. The largest absolute Gasteiger partial charge is 0.380 e. The van der Waals surface area contributed by atoms with Gasteiger partial charge >= 0.3 is 0 Å². The SMILES string of the molecule is CCCCC[C@@]1(c2ccccc2)C(C=NCCS(=O)c2ccc(C)cc2)=CC=C[C@]1(O)c1ccccc1. The lowest BCUT2D eigenvalue weighted by molar-refractivity contribution is 0.0118. The molecule has 0 heterocycles. The van der Waals surface area contributed by atoms with E-state index in [4.69, 9.17) is 4.99 Å². The van der Waals surface area contributed by atoms with E-state index in [1.165, 1.54) is 0 Å². The first-order valence-corrected chi connectivity index (χ1v) is 14.5. The quantitative estimate of drug-likeness (QED) is 0.221. The molecular formula is C33H37NO2S.